The number of benzene rings is 1. The van der Waals surface area contributed by atoms with Crippen molar-refractivity contribution in [2.45, 2.75) is 13.3 Å². The zero-order valence-corrected chi connectivity index (χ0v) is 9.78. The number of hydrogen-bond acceptors (Lipinski definition) is 3. The third-order valence-corrected chi connectivity index (χ3v) is 2.91. The van der Waals surface area contributed by atoms with Gasteiger partial charge in [0.1, 0.15) is 0 Å². The number of carbonyl (C=O) groups excluding carboxylic acids is 1. The average Bonchev–Trinajstić information content (AvgIpc) is 2.66. The van der Waals surface area contributed by atoms with Crippen LogP contribution in [0.3, 0.4) is 0 Å². The molecule has 2 aromatic rings. The number of hydrogen-bond donors (Lipinski definition) is 2. The maximum absolute atomic E-state index is 11.3. The normalized spacial score (nSPS) is 13.3. The number of fused-ring (bicyclic) bond motifs is 1. The summed E-state index contributed by atoms with van der Waals surface area (Å²) in [7, 11) is 0. The predicted molar refractivity (Wildman–Crippen MR) is 67.4 cm³/mol. The van der Waals surface area contributed by atoms with Gasteiger partial charge < -0.3 is 10.3 Å². The summed E-state index contributed by atoms with van der Waals surface area (Å²) >= 11 is 0. The Hall–Kier alpha value is -2.43. The maximum Gasteiger partial charge on any atom is 0.345 e. The number of H-pyrrole nitrogens is 1. The van der Waals surface area contributed by atoms with Crippen LogP contribution in [0.1, 0.15) is 11.3 Å². The van der Waals surface area contributed by atoms with Gasteiger partial charge in [-0.25, -0.2) is 4.79 Å². The van der Waals surface area contributed by atoms with E-state index in [0.29, 0.717) is 12.1 Å². The summed E-state index contributed by atoms with van der Waals surface area (Å²) in [5.74, 6) is -0.00259. The van der Waals surface area contributed by atoms with Crippen LogP contribution < -0.4 is 11.0 Å². The van der Waals surface area contributed by atoms with Gasteiger partial charge >= 0.3 is 5.69 Å². The van der Waals surface area contributed by atoms with Crippen LogP contribution in [0.25, 0.3) is 11.3 Å². The number of aryl methyl sites for hydroxylation is 1. The molecule has 0 fully saturated rings. The highest BCUT2D eigenvalue weighted by atomic mass is 16.2. The van der Waals surface area contributed by atoms with Gasteiger partial charge in [0.25, 0.3) is 0 Å². The number of amides is 1. The average molecular weight is 241 g/mol. The number of anilines is 1. The number of rotatable bonds is 1. The fraction of sp³-hybridized carbons (Fsp3) is 0.154. The smallest absolute Gasteiger partial charge is 0.326 e. The van der Waals surface area contributed by atoms with E-state index in [0.717, 1.165) is 22.5 Å². The molecule has 0 spiro atoms. The molecular formula is C13H11N3O2. The molecular weight excluding hydrogens is 230 g/mol. The summed E-state index contributed by atoms with van der Waals surface area (Å²) in [6, 6.07) is 7.40. The topological polar surface area (TPSA) is 74.8 Å². The van der Waals surface area contributed by atoms with Crippen LogP contribution in [-0.4, -0.2) is 15.9 Å². The van der Waals surface area contributed by atoms with E-state index in [1.54, 1.807) is 0 Å². The molecule has 5 heteroatoms. The van der Waals surface area contributed by atoms with Gasteiger partial charge in [0.15, 0.2) is 0 Å². The van der Waals surface area contributed by atoms with E-state index in [1.165, 1.54) is 0 Å². The van der Waals surface area contributed by atoms with Gasteiger partial charge in [-0.15, -0.1) is 0 Å². The molecule has 5 nitrogen and oxygen atoms in total. The number of aromatic amines is 1. The predicted octanol–water partition coefficient (Wildman–Crippen LogP) is 1.24. The van der Waals surface area contributed by atoms with E-state index in [-0.39, 0.29) is 11.6 Å². The summed E-state index contributed by atoms with van der Waals surface area (Å²) < 4.78 is 0. The van der Waals surface area contributed by atoms with Crippen molar-refractivity contribution in [3.05, 3.63) is 46.0 Å². The Morgan fingerprint density at radius 2 is 2.06 bits per heavy atom. The largest absolute Gasteiger partial charge is 0.345 e. The van der Waals surface area contributed by atoms with Crippen molar-refractivity contribution in [2.24, 2.45) is 0 Å². The molecule has 3 rings (SSSR count). The fourth-order valence-corrected chi connectivity index (χ4v) is 2.12. The summed E-state index contributed by atoms with van der Waals surface area (Å²) in [6.45, 7) is 1.81. The van der Waals surface area contributed by atoms with E-state index >= 15 is 0 Å². The van der Waals surface area contributed by atoms with E-state index < -0.39 is 0 Å². The second-order valence-corrected chi connectivity index (χ2v) is 4.35. The van der Waals surface area contributed by atoms with Crippen LogP contribution in [0.5, 0.6) is 0 Å². The molecule has 1 amide bonds. The molecule has 2 heterocycles. The summed E-state index contributed by atoms with van der Waals surface area (Å²) in [5.41, 5.74) is 3.65. The van der Waals surface area contributed by atoms with Crippen LogP contribution in [0, 0.1) is 6.92 Å². The lowest BCUT2D eigenvalue weighted by Crippen LogP contribution is -2.11. The van der Waals surface area contributed by atoms with Gasteiger partial charge in [-0.05, 0) is 30.7 Å². The van der Waals surface area contributed by atoms with Crippen LogP contribution in [0.2, 0.25) is 0 Å². The Kier molecular flexibility index (Phi) is 2.26. The summed E-state index contributed by atoms with van der Waals surface area (Å²) in [6.07, 6.45) is 0.380. The Balaban J connectivity index is 2.10. The molecule has 0 bridgehead atoms. The first-order valence-electron chi connectivity index (χ1n) is 5.63. The molecule has 0 unspecified atom stereocenters. The molecule has 1 aliphatic heterocycles. The van der Waals surface area contributed by atoms with Crippen LogP contribution in [0.4, 0.5) is 5.69 Å². The maximum atomic E-state index is 11.3. The van der Waals surface area contributed by atoms with Crippen molar-refractivity contribution in [3.63, 3.8) is 0 Å². The van der Waals surface area contributed by atoms with E-state index in [1.807, 2.05) is 31.2 Å². The molecule has 1 aromatic carbocycles. The van der Waals surface area contributed by atoms with Crippen molar-refractivity contribution in [1.82, 2.24) is 9.97 Å². The highest BCUT2D eigenvalue weighted by Crippen LogP contribution is 2.27. The fourth-order valence-electron chi connectivity index (χ4n) is 2.12. The molecule has 0 saturated carbocycles. The lowest BCUT2D eigenvalue weighted by molar-refractivity contribution is -0.115. The van der Waals surface area contributed by atoms with Gasteiger partial charge in [0.2, 0.25) is 5.91 Å². The summed E-state index contributed by atoms with van der Waals surface area (Å²) in [4.78, 5) is 29.2. The molecule has 1 aromatic heterocycles. The van der Waals surface area contributed by atoms with Gasteiger partial charge in [-0.1, -0.05) is 6.07 Å². The van der Waals surface area contributed by atoms with E-state index in [4.69, 9.17) is 0 Å². The SMILES string of the molecule is Cc1cc(-c2ccc3c(c2)CC(=O)N3)nc(=O)[nH]1. The zero-order valence-electron chi connectivity index (χ0n) is 9.78. The number of aromatic nitrogens is 2. The van der Waals surface area contributed by atoms with Crippen molar-refractivity contribution in [1.29, 1.82) is 0 Å². The first-order chi connectivity index (χ1) is 8.61. The van der Waals surface area contributed by atoms with Gasteiger partial charge in [-0.3, -0.25) is 4.79 Å². The van der Waals surface area contributed by atoms with Crippen LogP contribution >= 0.6 is 0 Å². The van der Waals surface area contributed by atoms with E-state index in [9.17, 15) is 9.59 Å². The Morgan fingerprint density at radius 3 is 2.83 bits per heavy atom. The number of nitrogens with zero attached hydrogens (tertiary/aromatic N) is 1. The molecule has 0 saturated heterocycles. The lowest BCUT2D eigenvalue weighted by atomic mass is 10.1. The monoisotopic (exact) mass is 241 g/mol. The van der Waals surface area contributed by atoms with Gasteiger partial charge in [0, 0.05) is 16.9 Å². The molecule has 0 atom stereocenters. The third-order valence-electron chi connectivity index (χ3n) is 2.91. The molecule has 0 radical (unpaired) electrons. The number of nitrogens with one attached hydrogen (secondary N) is 2. The zero-order chi connectivity index (χ0) is 12.7. The van der Waals surface area contributed by atoms with Crippen molar-refractivity contribution in [2.75, 3.05) is 5.32 Å². The van der Waals surface area contributed by atoms with Crippen molar-refractivity contribution in [3.8, 4) is 11.3 Å². The summed E-state index contributed by atoms with van der Waals surface area (Å²) in [5, 5.41) is 2.77. The Bertz CT molecular complexity index is 704. The van der Waals surface area contributed by atoms with Crippen molar-refractivity contribution >= 4 is 11.6 Å². The lowest BCUT2D eigenvalue weighted by Gasteiger charge is -2.04. The second-order valence-electron chi connectivity index (χ2n) is 4.35. The second kappa shape index (κ2) is 3.80. The minimum atomic E-state index is -0.361. The first-order valence-corrected chi connectivity index (χ1v) is 5.63. The minimum absolute atomic E-state index is 0.00259. The molecule has 1 aliphatic rings. The highest BCUT2D eigenvalue weighted by molar-refractivity contribution is 5.99. The Labute approximate surface area is 103 Å². The van der Waals surface area contributed by atoms with Crippen LogP contribution in [0.15, 0.2) is 29.1 Å². The van der Waals surface area contributed by atoms with E-state index in [2.05, 4.69) is 15.3 Å². The quantitative estimate of drug-likeness (QED) is 0.788. The highest BCUT2D eigenvalue weighted by Gasteiger charge is 2.18. The van der Waals surface area contributed by atoms with Gasteiger partial charge in [-0.2, -0.15) is 4.98 Å². The standard InChI is InChI=1S/C13H11N3O2/c1-7-4-11(16-13(18)14-7)8-2-3-10-9(5-8)6-12(17)15-10/h2-5H,6H2,1H3,(H,15,17)(H,14,16,18). The molecule has 2 N–H and O–H groups in total. The Morgan fingerprint density at radius 1 is 1.22 bits per heavy atom. The molecule has 18 heavy (non-hydrogen) atoms. The van der Waals surface area contributed by atoms with Crippen molar-refractivity contribution < 1.29 is 4.79 Å². The molecule has 90 valence electrons. The number of carbonyl (C=O) groups is 1. The third kappa shape index (κ3) is 1.79. The van der Waals surface area contributed by atoms with Gasteiger partial charge in [0.05, 0.1) is 12.1 Å². The first kappa shape index (κ1) is 10.7. The molecule has 0 aliphatic carbocycles. The van der Waals surface area contributed by atoms with Crippen LogP contribution in [-0.2, 0) is 11.2 Å². The minimum Gasteiger partial charge on any atom is -0.326 e.